The van der Waals surface area contributed by atoms with Gasteiger partial charge in [-0.05, 0) is 51.0 Å². The molecule has 1 atom stereocenters. The molecule has 6 heteroatoms. The molecule has 22 heavy (non-hydrogen) atoms. The van der Waals surface area contributed by atoms with Crippen LogP contribution in [0, 0.1) is 25.5 Å². The summed E-state index contributed by atoms with van der Waals surface area (Å²) >= 11 is 0. The van der Waals surface area contributed by atoms with E-state index < -0.39 is 17.5 Å². The molecule has 1 heterocycles. The SMILES string of the molecule is Cc1nn(C)c(C)c1C[C@@H](C)NC(=O)c1cc(F)ccc1F. The van der Waals surface area contributed by atoms with E-state index in [0.29, 0.717) is 6.42 Å². The molecule has 0 saturated heterocycles. The zero-order valence-electron chi connectivity index (χ0n) is 13.1. The molecule has 0 unspecified atom stereocenters. The molecule has 4 nitrogen and oxygen atoms in total. The van der Waals surface area contributed by atoms with Crippen LogP contribution < -0.4 is 5.32 Å². The number of rotatable bonds is 4. The van der Waals surface area contributed by atoms with Crippen molar-refractivity contribution in [3.05, 3.63) is 52.3 Å². The van der Waals surface area contributed by atoms with Crippen molar-refractivity contribution in [3.8, 4) is 0 Å². The molecular formula is C16H19F2N3O. The Kier molecular flexibility index (Phi) is 4.59. The molecule has 0 radical (unpaired) electrons. The number of hydrogen-bond acceptors (Lipinski definition) is 2. The van der Waals surface area contributed by atoms with Crippen molar-refractivity contribution in [1.82, 2.24) is 15.1 Å². The Morgan fingerprint density at radius 1 is 1.36 bits per heavy atom. The molecule has 0 spiro atoms. The number of carbonyl (C=O) groups is 1. The van der Waals surface area contributed by atoms with Crippen molar-refractivity contribution in [2.24, 2.45) is 7.05 Å². The second-order valence-corrected chi connectivity index (χ2v) is 5.48. The van der Waals surface area contributed by atoms with E-state index in [-0.39, 0.29) is 11.6 Å². The third kappa shape index (κ3) is 3.32. The smallest absolute Gasteiger partial charge is 0.254 e. The average Bonchev–Trinajstić information content (AvgIpc) is 2.68. The summed E-state index contributed by atoms with van der Waals surface area (Å²) in [6.07, 6.45) is 0.578. The van der Waals surface area contributed by atoms with Gasteiger partial charge in [0.25, 0.3) is 5.91 Å². The Bertz CT molecular complexity index is 710. The van der Waals surface area contributed by atoms with E-state index in [4.69, 9.17) is 0 Å². The van der Waals surface area contributed by atoms with Crippen molar-refractivity contribution in [2.45, 2.75) is 33.2 Å². The highest BCUT2D eigenvalue weighted by molar-refractivity contribution is 5.94. The van der Waals surface area contributed by atoms with Gasteiger partial charge in [-0.25, -0.2) is 8.78 Å². The van der Waals surface area contributed by atoms with Gasteiger partial charge >= 0.3 is 0 Å². The first-order chi connectivity index (χ1) is 10.3. The van der Waals surface area contributed by atoms with E-state index in [1.165, 1.54) is 0 Å². The summed E-state index contributed by atoms with van der Waals surface area (Å²) in [5.74, 6) is -2.00. The molecule has 118 valence electrons. The van der Waals surface area contributed by atoms with Gasteiger partial charge < -0.3 is 5.32 Å². The van der Waals surface area contributed by atoms with Crippen LogP contribution in [0.2, 0.25) is 0 Å². The minimum absolute atomic E-state index is 0.225. The quantitative estimate of drug-likeness (QED) is 0.944. The van der Waals surface area contributed by atoms with Gasteiger partial charge in [0.1, 0.15) is 11.6 Å². The van der Waals surface area contributed by atoms with Crippen molar-refractivity contribution < 1.29 is 13.6 Å². The van der Waals surface area contributed by atoms with E-state index in [9.17, 15) is 13.6 Å². The molecule has 1 N–H and O–H groups in total. The van der Waals surface area contributed by atoms with E-state index in [0.717, 1.165) is 35.2 Å². The highest BCUT2D eigenvalue weighted by Gasteiger charge is 2.18. The summed E-state index contributed by atoms with van der Waals surface area (Å²) in [5, 5.41) is 7.01. The van der Waals surface area contributed by atoms with Crippen molar-refractivity contribution in [2.75, 3.05) is 0 Å². The molecular weight excluding hydrogens is 288 g/mol. The predicted octanol–water partition coefficient (Wildman–Crippen LogP) is 2.68. The summed E-state index contributed by atoms with van der Waals surface area (Å²) in [4.78, 5) is 12.1. The first kappa shape index (κ1) is 16.1. The maximum absolute atomic E-state index is 13.6. The second-order valence-electron chi connectivity index (χ2n) is 5.48. The highest BCUT2D eigenvalue weighted by atomic mass is 19.1. The predicted molar refractivity (Wildman–Crippen MR) is 79.7 cm³/mol. The first-order valence-electron chi connectivity index (χ1n) is 7.04. The largest absolute Gasteiger partial charge is 0.349 e. The molecule has 1 aromatic carbocycles. The number of nitrogens with one attached hydrogen (secondary N) is 1. The van der Waals surface area contributed by atoms with Crippen LogP contribution in [0.15, 0.2) is 18.2 Å². The number of amides is 1. The van der Waals surface area contributed by atoms with E-state index >= 15 is 0 Å². The van der Waals surface area contributed by atoms with Crippen molar-refractivity contribution in [3.63, 3.8) is 0 Å². The van der Waals surface area contributed by atoms with Crippen molar-refractivity contribution in [1.29, 1.82) is 0 Å². The standard InChI is InChI=1S/C16H19F2N3O/c1-9(7-13-10(2)20-21(4)11(13)3)19-16(22)14-8-12(17)5-6-15(14)18/h5-6,8-9H,7H2,1-4H3,(H,19,22)/t9-/m1/s1. The Balaban J connectivity index is 2.10. The summed E-state index contributed by atoms with van der Waals surface area (Å²) < 4.78 is 28.5. The maximum atomic E-state index is 13.6. The molecule has 1 amide bonds. The van der Waals surface area contributed by atoms with Crippen LogP contribution in [0.4, 0.5) is 8.78 Å². The number of aryl methyl sites for hydroxylation is 2. The number of halogens is 2. The van der Waals surface area contributed by atoms with Gasteiger partial charge in [0.15, 0.2) is 0 Å². The van der Waals surface area contributed by atoms with Gasteiger partial charge in [0, 0.05) is 18.8 Å². The van der Waals surface area contributed by atoms with Crippen LogP contribution in [-0.4, -0.2) is 21.7 Å². The lowest BCUT2D eigenvalue weighted by atomic mass is 10.0. The normalized spacial score (nSPS) is 12.3. The third-order valence-electron chi connectivity index (χ3n) is 3.72. The lowest BCUT2D eigenvalue weighted by molar-refractivity contribution is 0.0935. The van der Waals surface area contributed by atoms with E-state index in [1.54, 1.807) is 4.68 Å². The lowest BCUT2D eigenvalue weighted by Crippen LogP contribution is -2.34. The van der Waals surface area contributed by atoms with Gasteiger partial charge in [-0.2, -0.15) is 5.10 Å². The molecule has 0 aliphatic rings. The summed E-state index contributed by atoms with van der Waals surface area (Å²) in [6, 6.07) is 2.61. The third-order valence-corrected chi connectivity index (χ3v) is 3.72. The minimum Gasteiger partial charge on any atom is -0.349 e. The highest BCUT2D eigenvalue weighted by Crippen LogP contribution is 2.15. The fourth-order valence-electron chi connectivity index (χ4n) is 2.44. The lowest BCUT2D eigenvalue weighted by Gasteiger charge is -2.14. The second kappa shape index (κ2) is 6.25. The van der Waals surface area contributed by atoms with Crippen LogP contribution in [0.1, 0.15) is 34.2 Å². The zero-order valence-corrected chi connectivity index (χ0v) is 13.1. The van der Waals surface area contributed by atoms with Gasteiger partial charge in [0.05, 0.1) is 11.3 Å². The van der Waals surface area contributed by atoms with Gasteiger partial charge in [-0.15, -0.1) is 0 Å². The zero-order chi connectivity index (χ0) is 16.4. The molecule has 0 aliphatic heterocycles. The van der Waals surface area contributed by atoms with Crippen LogP contribution >= 0.6 is 0 Å². The molecule has 0 aliphatic carbocycles. The Labute approximate surface area is 128 Å². The topological polar surface area (TPSA) is 46.9 Å². The summed E-state index contributed by atoms with van der Waals surface area (Å²) in [7, 11) is 1.86. The monoisotopic (exact) mass is 307 g/mol. The fraction of sp³-hybridized carbons (Fsp3) is 0.375. The number of aromatic nitrogens is 2. The number of benzene rings is 1. The van der Waals surface area contributed by atoms with Gasteiger partial charge in [0.2, 0.25) is 0 Å². The Morgan fingerprint density at radius 3 is 2.64 bits per heavy atom. The number of nitrogens with zero attached hydrogens (tertiary/aromatic N) is 2. The summed E-state index contributed by atoms with van der Waals surface area (Å²) in [6.45, 7) is 5.68. The molecule has 0 bridgehead atoms. The number of hydrogen-bond donors (Lipinski definition) is 1. The van der Waals surface area contributed by atoms with Gasteiger partial charge in [-0.3, -0.25) is 9.48 Å². The maximum Gasteiger partial charge on any atom is 0.254 e. The molecule has 0 fully saturated rings. The van der Waals surface area contributed by atoms with Crippen LogP contribution in [0.3, 0.4) is 0 Å². The molecule has 2 aromatic rings. The van der Waals surface area contributed by atoms with E-state index in [2.05, 4.69) is 10.4 Å². The minimum atomic E-state index is -0.736. The fourth-order valence-corrected chi connectivity index (χ4v) is 2.44. The van der Waals surface area contributed by atoms with Gasteiger partial charge in [-0.1, -0.05) is 0 Å². The summed E-state index contributed by atoms with van der Waals surface area (Å²) in [5.41, 5.74) is 2.69. The van der Waals surface area contributed by atoms with Crippen LogP contribution in [-0.2, 0) is 13.5 Å². The Morgan fingerprint density at radius 2 is 2.05 bits per heavy atom. The number of carbonyl (C=O) groups excluding carboxylic acids is 1. The molecule has 2 rings (SSSR count). The molecule has 0 saturated carbocycles. The van der Waals surface area contributed by atoms with Crippen molar-refractivity contribution >= 4 is 5.91 Å². The first-order valence-corrected chi connectivity index (χ1v) is 7.04. The van der Waals surface area contributed by atoms with Crippen LogP contribution in [0.25, 0.3) is 0 Å². The van der Waals surface area contributed by atoms with E-state index in [1.807, 2.05) is 27.8 Å². The Hall–Kier alpha value is -2.24. The average molecular weight is 307 g/mol. The molecule has 1 aromatic heterocycles. The van der Waals surface area contributed by atoms with Crippen LogP contribution in [0.5, 0.6) is 0 Å².